The molecule has 1 fully saturated rings. The molecule has 0 aromatic carbocycles. The van der Waals surface area contributed by atoms with E-state index in [1.165, 1.54) is 44.6 Å². The summed E-state index contributed by atoms with van der Waals surface area (Å²) < 4.78 is 0. The van der Waals surface area contributed by atoms with Gasteiger partial charge in [0.15, 0.2) is 0 Å². The Labute approximate surface area is 119 Å². The lowest BCUT2D eigenvalue weighted by molar-refractivity contribution is 0.0694. The molecule has 0 radical (unpaired) electrons. The Bertz CT molecular complexity index is 442. The fourth-order valence-electron chi connectivity index (χ4n) is 2.81. The van der Waals surface area contributed by atoms with Crippen molar-refractivity contribution >= 4 is 5.97 Å². The van der Waals surface area contributed by atoms with Gasteiger partial charge in [-0.05, 0) is 24.8 Å². The molecule has 0 aliphatic heterocycles. The third kappa shape index (κ3) is 4.27. The van der Waals surface area contributed by atoms with Crippen molar-refractivity contribution in [3.8, 4) is 0 Å². The molecule has 2 N–H and O–H groups in total. The van der Waals surface area contributed by atoms with Gasteiger partial charge in [-0.15, -0.1) is 0 Å². The van der Waals surface area contributed by atoms with Gasteiger partial charge < -0.3 is 10.4 Å². The van der Waals surface area contributed by atoms with Crippen LogP contribution in [0.2, 0.25) is 0 Å². The zero-order valence-electron chi connectivity index (χ0n) is 12.0. The molecule has 0 amide bonds. The number of rotatable bonds is 6. The van der Waals surface area contributed by atoms with Crippen molar-refractivity contribution < 1.29 is 9.90 Å². The zero-order chi connectivity index (χ0) is 14.4. The van der Waals surface area contributed by atoms with Gasteiger partial charge in [0, 0.05) is 12.7 Å². The first-order chi connectivity index (χ1) is 9.66. The normalized spacial score (nSPS) is 22.6. The summed E-state index contributed by atoms with van der Waals surface area (Å²) in [6, 6.07) is 0. The third-order valence-electron chi connectivity index (χ3n) is 4.18. The fourth-order valence-corrected chi connectivity index (χ4v) is 2.81. The maximum Gasteiger partial charge on any atom is 0.339 e. The van der Waals surface area contributed by atoms with E-state index in [4.69, 9.17) is 5.11 Å². The molecule has 0 atom stereocenters. The molecule has 0 bridgehead atoms. The van der Waals surface area contributed by atoms with E-state index in [1.807, 2.05) is 0 Å². The van der Waals surface area contributed by atoms with E-state index in [2.05, 4.69) is 22.2 Å². The maximum atomic E-state index is 11.0. The van der Waals surface area contributed by atoms with Gasteiger partial charge in [0.1, 0.15) is 11.9 Å². The second kappa shape index (κ2) is 7.33. The average Bonchev–Trinajstić information content (AvgIpc) is 2.46. The number of carboxylic acid groups (broad SMARTS) is 1. The largest absolute Gasteiger partial charge is 0.478 e. The van der Waals surface area contributed by atoms with Gasteiger partial charge in [-0.2, -0.15) is 0 Å². The summed E-state index contributed by atoms with van der Waals surface area (Å²) in [7, 11) is 0. The fraction of sp³-hybridized carbons (Fsp3) is 0.667. The zero-order valence-corrected chi connectivity index (χ0v) is 12.0. The van der Waals surface area contributed by atoms with Crippen LogP contribution in [0.3, 0.4) is 0 Å². The van der Waals surface area contributed by atoms with Crippen molar-refractivity contribution in [3.05, 3.63) is 23.8 Å². The van der Waals surface area contributed by atoms with Gasteiger partial charge in [-0.25, -0.2) is 14.8 Å². The monoisotopic (exact) mass is 277 g/mol. The molecule has 0 unspecified atom stereocenters. The number of carboxylic acids is 1. The van der Waals surface area contributed by atoms with Crippen molar-refractivity contribution in [3.63, 3.8) is 0 Å². The quantitative estimate of drug-likeness (QED) is 0.781. The van der Waals surface area contributed by atoms with Gasteiger partial charge >= 0.3 is 5.97 Å². The highest BCUT2D eigenvalue weighted by Crippen LogP contribution is 2.29. The third-order valence-corrected chi connectivity index (χ3v) is 4.18. The van der Waals surface area contributed by atoms with Crippen LogP contribution in [0, 0.1) is 11.8 Å². The predicted molar refractivity (Wildman–Crippen MR) is 76.4 cm³/mol. The van der Waals surface area contributed by atoms with Crippen LogP contribution in [0.25, 0.3) is 0 Å². The van der Waals surface area contributed by atoms with E-state index in [1.54, 1.807) is 0 Å². The molecular formula is C15H23N3O2. The first-order valence-corrected chi connectivity index (χ1v) is 7.39. The molecule has 1 aromatic heterocycles. The molecule has 110 valence electrons. The van der Waals surface area contributed by atoms with Crippen LogP contribution in [-0.4, -0.2) is 27.6 Å². The van der Waals surface area contributed by atoms with Gasteiger partial charge in [0.25, 0.3) is 0 Å². The van der Waals surface area contributed by atoms with Crippen LogP contribution in [-0.2, 0) is 6.54 Å². The van der Waals surface area contributed by atoms with E-state index < -0.39 is 5.97 Å². The molecule has 1 aliphatic carbocycles. The SMILES string of the molecule is CC1CCC(CCNCc2ncncc2C(=O)O)CC1. The highest BCUT2D eigenvalue weighted by molar-refractivity contribution is 5.88. The number of nitrogens with zero attached hydrogens (tertiary/aromatic N) is 2. The molecule has 1 saturated carbocycles. The Morgan fingerprint density at radius 2 is 2.15 bits per heavy atom. The summed E-state index contributed by atoms with van der Waals surface area (Å²) in [4.78, 5) is 18.8. The summed E-state index contributed by atoms with van der Waals surface area (Å²) >= 11 is 0. The molecule has 1 heterocycles. The lowest BCUT2D eigenvalue weighted by Gasteiger charge is -2.26. The summed E-state index contributed by atoms with van der Waals surface area (Å²) in [5, 5.41) is 12.3. The molecular weight excluding hydrogens is 254 g/mol. The van der Waals surface area contributed by atoms with Crippen LogP contribution in [0.15, 0.2) is 12.5 Å². The standard InChI is InChI=1S/C15H23N3O2/c1-11-2-4-12(5-3-11)6-7-16-9-14-13(15(19)20)8-17-10-18-14/h8,10-12,16H,2-7,9H2,1H3,(H,19,20). The number of aromatic carboxylic acids is 1. The molecule has 20 heavy (non-hydrogen) atoms. The van der Waals surface area contributed by atoms with E-state index in [0.29, 0.717) is 12.2 Å². The van der Waals surface area contributed by atoms with Crippen molar-refractivity contribution in [2.24, 2.45) is 11.8 Å². The Hall–Kier alpha value is -1.49. The molecule has 0 spiro atoms. The van der Waals surface area contributed by atoms with Crippen molar-refractivity contribution in [1.82, 2.24) is 15.3 Å². The second-order valence-electron chi connectivity index (χ2n) is 5.78. The molecule has 5 nitrogen and oxygen atoms in total. The van der Waals surface area contributed by atoms with Gasteiger partial charge in [0.2, 0.25) is 0 Å². The number of aromatic nitrogens is 2. The van der Waals surface area contributed by atoms with Crippen molar-refractivity contribution in [1.29, 1.82) is 0 Å². The Kier molecular flexibility index (Phi) is 5.47. The highest BCUT2D eigenvalue weighted by atomic mass is 16.4. The van der Waals surface area contributed by atoms with Crippen molar-refractivity contribution in [2.45, 2.75) is 45.6 Å². The lowest BCUT2D eigenvalue weighted by atomic mass is 9.81. The topological polar surface area (TPSA) is 75.1 Å². The first kappa shape index (κ1) is 14.9. The number of nitrogens with one attached hydrogen (secondary N) is 1. The second-order valence-corrected chi connectivity index (χ2v) is 5.78. The van der Waals surface area contributed by atoms with Gasteiger partial charge in [-0.3, -0.25) is 0 Å². The minimum Gasteiger partial charge on any atom is -0.478 e. The molecule has 1 aliphatic rings. The molecule has 1 aromatic rings. The predicted octanol–water partition coefficient (Wildman–Crippen LogP) is 2.48. The number of hydrogen-bond donors (Lipinski definition) is 2. The Morgan fingerprint density at radius 1 is 1.40 bits per heavy atom. The lowest BCUT2D eigenvalue weighted by Crippen LogP contribution is -2.22. The van der Waals surface area contributed by atoms with Crippen LogP contribution in [0.5, 0.6) is 0 Å². The minimum atomic E-state index is -0.969. The maximum absolute atomic E-state index is 11.0. The highest BCUT2D eigenvalue weighted by Gasteiger charge is 2.17. The summed E-state index contributed by atoms with van der Waals surface area (Å²) in [5.74, 6) is 0.741. The van der Waals surface area contributed by atoms with E-state index in [9.17, 15) is 4.79 Å². The Morgan fingerprint density at radius 3 is 2.85 bits per heavy atom. The van der Waals surface area contributed by atoms with E-state index >= 15 is 0 Å². The number of carbonyl (C=O) groups is 1. The smallest absolute Gasteiger partial charge is 0.339 e. The molecule has 2 rings (SSSR count). The summed E-state index contributed by atoms with van der Waals surface area (Å²) in [5.41, 5.74) is 0.747. The van der Waals surface area contributed by atoms with Gasteiger partial charge in [-0.1, -0.05) is 32.6 Å². The van der Waals surface area contributed by atoms with Crippen LogP contribution in [0.4, 0.5) is 0 Å². The van der Waals surface area contributed by atoms with Crippen LogP contribution in [0.1, 0.15) is 55.1 Å². The average molecular weight is 277 g/mol. The molecule has 0 saturated heterocycles. The number of hydrogen-bond acceptors (Lipinski definition) is 4. The van der Waals surface area contributed by atoms with E-state index in [0.717, 1.165) is 18.4 Å². The summed E-state index contributed by atoms with van der Waals surface area (Å²) in [6.07, 6.45) is 9.27. The van der Waals surface area contributed by atoms with Gasteiger partial charge in [0.05, 0.1) is 5.69 Å². The van der Waals surface area contributed by atoms with Crippen LogP contribution < -0.4 is 5.32 Å². The van der Waals surface area contributed by atoms with Crippen molar-refractivity contribution in [2.75, 3.05) is 6.54 Å². The minimum absolute atomic E-state index is 0.187. The van der Waals surface area contributed by atoms with Crippen LogP contribution >= 0.6 is 0 Å². The first-order valence-electron chi connectivity index (χ1n) is 7.39. The Balaban J connectivity index is 1.72. The summed E-state index contributed by atoms with van der Waals surface area (Å²) in [6.45, 7) is 3.74. The molecule has 5 heteroatoms. The van der Waals surface area contributed by atoms with E-state index in [-0.39, 0.29) is 5.56 Å².